The van der Waals surface area contributed by atoms with Crippen LogP contribution in [0.2, 0.25) is 0 Å². The molecule has 0 fully saturated rings. The highest BCUT2D eigenvalue weighted by Gasteiger charge is 2.11. The molecule has 0 saturated carbocycles. The van der Waals surface area contributed by atoms with Gasteiger partial charge in [-0.2, -0.15) is 0 Å². The maximum absolute atomic E-state index is 5.60. The van der Waals surface area contributed by atoms with E-state index in [1.54, 1.807) is 0 Å². The minimum absolute atomic E-state index is 0.608. The van der Waals surface area contributed by atoms with Crippen LogP contribution in [0, 0.1) is 0 Å². The smallest absolute Gasteiger partial charge is 0.161 e. The number of hydrogen-bond donors (Lipinski definition) is 1. The molecule has 2 rings (SSSR count). The van der Waals surface area contributed by atoms with Gasteiger partial charge in [0.1, 0.15) is 13.2 Å². The summed E-state index contributed by atoms with van der Waals surface area (Å²) in [5.41, 5.74) is 1.31. The molecule has 1 aliphatic rings. The molecule has 1 heterocycles. The molecular formula is C16H25NO2. The van der Waals surface area contributed by atoms with E-state index in [4.69, 9.17) is 9.47 Å². The molecule has 1 aliphatic heterocycles. The van der Waals surface area contributed by atoms with Crippen molar-refractivity contribution in [2.24, 2.45) is 0 Å². The molecule has 3 nitrogen and oxygen atoms in total. The van der Waals surface area contributed by atoms with Gasteiger partial charge >= 0.3 is 0 Å². The number of rotatable bonds is 7. The average Bonchev–Trinajstić information content (AvgIpc) is 2.45. The molecule has 0 bridgehead atoms. The van der Waals surface area contributed by atoms with Gasteiger partial charge in [0.2, 0.25) is 0 Å². The minimum Gasteiger partial charge on any atom is -0.486 e. The van der Waals surface area contributed by atoms with E-state index in [1.807, 2.05) is 6.07 Å². The number of benzene rings is 1. The van der Waals surface area contributed by atoms with E-state index in [9.17, 15) is 0 Å². The van der Waals surface area contributed by atoms with Crippen molar-refractivity contribution in [2.75, 3.05) is 19.8 Å². The van der Waals surface area contributed by atoms with Crippen LogP contribution in [0.5, 0.6) is 11.5 Å². The average molecular weight is 263 g/mol. The molecule has 1 N–H and O–H groups in total. The molecule has 0 spiro atoms. The van der Waals surface area contributed by atoms with Crippen LogP contribution in [0.1, 0.15) is 38.7 Å². The fraction of sp³-hybridized carbons (Fsp3) is 0.625. The van der Waals surface area contributed by atoms with Crippen molar-refractivity contribution >= 4 is 0 Å². The topological polar surface area (TPSA) is 30.5 Å². The van der Waals surface area contributed by atoms with Gasteiger partial charge in [-0.25, -0.2) is 0 Å². The summed E-state index contributed by atoms with van der Waals surface area (Å²) in [4.78, 5) is 0. The predicted molar refractivity (Wildman–Crippen MR) is 78.1 cm³/mol. The number of unbranched alkanes of at least 4 members (excludes halogenated alkanes) is 1. The first-order chi connectivity index (χ1) is 9.29. The van der Waals surface area contributed by atoms with Crippen molar-refractivity contribution < 1.29 is 9.47 Å². The lowest BCUT2D eigenvalue weighted by Gasteiger charge is -2.19. The molecule has 1 unspecified atom stereocenters. The lowest BCUT2D eigenvalue weighted by Crippen LogP contribution is -2.28. The maximum Gasteiger partial charge on any atom is 0.161 e. The zero-order chi connectivity index (χ0) is 13.5. The van der Waals surface area contributed by atoms with Crippen LogP contribution in [0.15, 0.2) is 18.2 Å². The first-order valence-corrected chi connectivity index (χ1v) is 7.41. The van der Waals surface area contributed by atoms with E-state index >= 15 is 0 Å². The third-order valence-electron chi connectivity index (χ3n) is 3.50. The summed E-state index contributed by atoms with van der Waals surface area (Å²) in [6.07, 6.45) is 4.87. The molecule has 1 atom stereocenters. The SMILES string of the molecule is CCCCC(C)NCCc1ccc2c(c1)OCCO2. The van der Waals surface area contributed by atoms with Gasteiger partial charge in [0.25, 0.3) is 0 Å². The summed E-state index contributed by atoms with van der Waals surface area (Å²) in [7, 11) is 0. The molecule has 106 valence electrons. The number of fused-ring (bicyclic) bond motifs is 1. The summed E-state index contributed by atoms with van der Waals surface area (Å²) in [6.45, 7) is 6.83. The summed E-state index contributed by atoms with van der Waals surface area (Å²) < 4.78 is 11.1. The normalized spacial score (nSPS) is 15.3. The summed E-state index contributed by atoms with van der Waals surface area (Å²) in [6, 6.07) is 6.86. The van der Waals surface area contributed by atoms with E-state index in [2.05, 4.69) is 31.3 Å². The van der Waals surface area contributed by atoms with Crippen molar-refractivity contribution in [2.45, 2.75) is 45.6 Å². The highest BCUT2D eigenvalue weighted by atomic mass is 16.6. The fourth-order valence-corrected chi connectivity index (χ4v) is 2.32. The molecule has 0 aliphatic carbocycles. The molecule has 0 saturated heterocycles. The van der Waals surface area contributed by atoms with Crippen LogP contribution in [-0.4, -0.2) is 25.8 Å². The van der Waals surface area contributed by atoms with Crippen molar-refractivity contribution in [3.8, 4) is 11.5 Å². The third kappa shape index (κ3) is 4.43. The fourth-order valence-electron chi connectivity index (χ4n) is 2.32. The second kappa shape index (κ2) is 7.39. The highest BCUT2D eigenvalue weighted by Crippen LogP contribution is 2.30. The van der Waals surface area contributed by atoms with E-state index in [0.717, 1.165) is 24.5 Å². The molecule has 1 aromatic carbocycles. The van der Waals surface area contributed by atoms with Gasteiger partial charge in [0, 0.05) is 6.04 Å². The Bertz CT molecular complexity index is 392. The van der Waals surface area contributed by atoms with Gasteiger partial charge in [-0.05, 0) is 44.0 Å². The molecule has 0 amide bonds. The Labute approximate surface area is 116 Å². The maximum atomic E-state index is 5.60. The van der Waals surface area contributed by atoms with Crippen LogP contribution < -0.4 is 14.8 Å². The Hall–Kier alpha value is -1.22. The van der Waals surface area contributed by atoms with Gasteiger partial charge in [0.15, 0.2) is 11.5 Å². The molecule has 19 heavy (non-hydrogen) atoms. The van der Waals surface area contributed by atoms with Crippen LogP contribution >= 0.6 is 0 Å². The van der Waals surface area contributed by atoms with Gasteiger partial charge in [-0.3, -0.25) is 0 Å². The van der Waals surface area contributed by atoms with Crippen LogP contribution in [0.4, 0.5) is 0 Å². The zero-order valence-corrected chi connectivity index (χ0v) is 12.1. The van der Waals surface area contributed by atoms with Gasteiger partial charge in [-0.15, -0.1) is 0 Å². The van der Waals surface area contributed by atoms with Gasteiger partial charge in [-0.1, -0.05) is 25.8 Å². The highest BCUT2D eigenvalue weighted by molar-refractivity contribution is 5.43. The lowest BCUT2D eigenvalue weighted by molar-refractivity contribution is 0.171. The van der Waals surface area contributed by atoms with Gasteiger partial charge < -0.3 is 14.8 Å². The summed E-state index contributed by atoms with van der Waals surface area (Å²) >= 11 is 0. The second-order valence-corrected chi connectivity index (χ2v) is 5.23. The van der Waals surface area contributed by atoms with Crippen molar-refractivity contribution in [1.82, 2.24) is 5.32 Å². The predicted octanol–water partition coefficient (Wildman–Crippen LogP) is 3.17. The van der Waals surface area contributed by atoms with Crippen LogP contribution in [0.3, 0.4) is 0 Å². The first kappa shape index (κ1) is 14.2. The molecule has 1 aromatic rings. The monoisotopic (exact) mass is 263 g/mol. The van der Waals surface area contributed by atoms with Crippen molar-refractivity contribution in [3.63, 3.8) is 0 Å². The first-order valence-electron chi connectivity index (χ1n) is 7.41. The molecule has 3 heteroatoms. The molecule has 0 aromatic heterocycles. The van der Waals surface area contributed by atoms with Crippen molar-refractivity contribution in [3.05, 3.63) is 23.8 Å². The molecular weight excluding hydrogens is 238 g/mol. The summed E-state index contributed by atoms with van der Waals surface area (Å²) in [5.74, 6) is 1.77. The Morgan fingerprint density at radius 2 is 2.00 bits per heavy atom. The van der Waals surface area contributed by atoms with E-state index in [-0.39, 0.29) is 0 Å². The third-order valence-corrected chi connectivity index (χ3v) is 3.50. The summed E-state index contributed by atoms with van der Waals surface area (Å²) in [5, 5.41) is 3.57. The quantitative estimate of drug-likeness (QED) is 0.819. The Morgan fingerprint density at radius 3 is 2.79 bits per heavy atom. The number of ether oxygens (including phenoxy) is 2. The second-order valence-electron chi connectivity index (χ2n) is 5.23. The van der Waals surface area contributed by atoms with Gasteiger partial charge in [0.05, 0.1) is 0 Å². The minimum atomic E-state index is 0.608. The zero-order valence-electron chi connectivity index (χ0n) is 12.1. The van der Waals surface area contributed by atoms with Crippen molar-refractivity contribution in [1.29, 1.82) is 0 Å². The standard InChI is InChI=1S/C16H25NO2/c1-3-4-5-13(2)17-9-8-14-6-7-15-16(12-14)19-11-10-18-15/h6-7,12-13,17H,3-5,8-11H2,1-2H3. The number of nitrogens with one attached hydrogen (secondary N) is 1. The Balaban J connectivity index is 1.77. The van der Waals surface area contributed by atoms with E-state index < -0.39 is 0 Å². The molecule has 0 radical (unpaired) electrons. The van der Waals surface area contributed by atoms with Crippen LogP contribution in [-0.2, 0) is 6.42 Å². The Kier molecular flexibility index (Phi) is 5.52. The largest absolute Gasteiger partial charge is 0.486 e. The van der Waals surface area contributed by atoms with E-state index in [0.29, 0.717) is 19.3 Å². The lowest BCUT2D eigenvalue weighted by atomic mass is 10.1. The Morgan fingerprint density at radius 1 is 1.21 bits per heavy atom. The van der Waals surface area contributed by atoms with Crippen LogP contribution in [0.25, 0.3) is 0 Å². The number of hydrogen-bond acceptors (Lipinski definition) is 3. The van der Waals surface area contributed by atoms with E-state index in [1.165, 1.54) is 24.8 Å².